The molecule has 1 saturated carbocycles. The third kappa shape index (κ3) is 3.20. The molecule has 31 heavy (non-hydrogen) atoms. The average Bonchev–Trinajstić information content (AvgIpc) is 3.60. The highest BCUT2D eigenvalue weighted by Crippen LogP contribution is 2.50. The molecule has 5 nitrogen and oxygen atoms in total. The van der Waals surface area contributed by atoms with E-state index in [1.807, 2.05) is 47.2 Å². The van der Waals surface area contributed by atoms with Crippen LogP contribution in [0.2, 0.25) is 0 Å². The van der Waals surface area contributed by atoms with Gasteiger partial charge in [-0.25, -0.2) is 0 Å². The summed E-state index contributed by atoms with van der Waals surface area (Å²) >= 11 is 0. The molecule has 0 radical (unpaired) electrons. The molecule has 0 amide bonds. The Morgan fingerprint density at radius 1 is 0.903 bits per heavy atom. The van der Waals surface area contributed by atoms with E-state index in [0.717, 1.165) is 65.4 Å². The van der Waals surface area contributed by atoms with E-state index in [9.17, 15) is 9.90 Å². The quantitative estimate of drug-likeness (QED) is 0.548. The summed E-state index contributed by atoms with van der Waals surface area (Å²) in [6.07, 6.45) is 4.14. The Morgan fingerprint density at radius 2 is 1.71 bits per heavy atom. The summed E-state index contributed by atoms with van der Waals surface area (Å²) in [5.74, 6) is 0.275. The molecule has 2 aromatic heterocycles. The lowest BCUT2D eigenvalue weighted by Crippen LogP contribution is -2.36. The number of anilines is 1. The van der Waals surface area contributed by atoms with Crippen molar-refractivity contribution in [3.05, 3.63) is 82.9 Å². The Bertz CT molecular complexity index is 1340. The molecule has 0 bridgehead atoms. The Hall–Kier alpha value is -3.18. The van der Waals surface area contributed by atoms with Crippen molar-refractivity contribution in [1.29, 1.82) is 0 Å². The van der Waals surface area contributed by atoms with E-state index in [-0.39, 0.29) is 23.6 Å². The first-order chi connectivity index (χ1) is 15.2. The van der Waals surface area contributed by atoms with E-state index >= 15 is 0 Å². The summed E-state index contributed by atoms with van der Waals surface area (Å²) in [6, 6.07) is 20.7. The highest BCUT2D eigenvalue weighted by molar-refractivity contribution is 5.93. The van der Waals surface area contributed by atoms with Gasteiger partial charge in [-0.3, -0.25) is 9.78 Å². The maximum atomic E-state index is 13.6. The van der Waals surface area contributed by atoms with Gasteiger partial charge >= 0.3 is 0 Å². The van der Waals surface area contributed by atoms with Crippen LogP contribution in [0.3, 0.4) is 0 Å². The number of aliphatic hydroxyl groups excluding tert-OH is 1. The second-order valence-corrected chi connectivity index (χ2v) is 8.83. The minimum atomic E-state index is -0.232. The van der Waals surface area contributed by atoms with Crippen molar-refractivity contribution in [2.75, 3.05) is 18.0 Å². The molecule has 4 aromatic rings. The molecule has 2 fully saturated rings. The summed E-state index contributed by atoms with van der Waals surface area (Å²) in [4.78, 5) is 20.7. The van der Waals surface area contributed by atoms with Crippen LogP contribution < -0.4 is 10.5 Å². The van der Waals surface area contributed by atoms with Gasteiger partial charge in [0, 0.05) is 42.3 Å². The molecule has 1 aliphatic heterocycles. The van der Waals surface area contributed by atoms with Crippen molar-refractivity contribution in [2.24, 2.45) is 0 Å². The van der Waals surface area contributed by atoms with E-state index in [2.05, 4.69) is 29.2 Å². The van der Waals surface area contributed by atoms with Gasteiger partial charge in [-0.05, 0) is 48.9 Å². The number of nitrogens with zero attached hydrogens (tertiary/aromatic N) is 3. The van der Waals surface area contributed by atoms with Gasteiger partial charge in [-0.15, -0.1) is 0 Å². The van der Waals surface area contributed by atoms with Crippen molar-refractivity contribution in [3.8, 4) is 0 Å². The van der Waals surface area contributed by atoms with Crippen molar-refractivity contribution in [2.45, 2.75) is 37.3 Å². The molecular weight excluding hydrogens is 386 g/mol. The molecular formula is C26H25N3O2. The van der Waals surface area contributed by atoms with Crippen LogP contribution in [-0.2, 0) is 0 Å². The molecule has 5 heteroatoms. The van der Waals surface area contributed by atoms with Crippen molar-refractivity contribution >= 4 is 27.4 Å². The van der Waals surface area contributed by atoms with Crippen LogP contribution in [-0.4, -0.2) is 33.9 Å². The van der Waals surface area contributed by atoms with Crippen LogP contribution >= 0.6 is 0 Å². The van der Waals surface area contributed by atoms with E-state index in [1.54, 1.807) is 0 Å². The van der Waals surface area contributed by atoms with Gasteiger partial charge in [0.2, 0.25) is 0 Å². The van der Waals surface area contributed by atoms with Gasteiger partial charge < -0.3 is 14.6 Å². The number of fused-ring (bicyclic) bond motifs is 2. The van der Waals surface area contributed by atoms with Gasteiger partial charge in [-0.1, -0.05) is 36.4 Å². The topological polar surface area (TPSA) is 58.4 Å². The third-order valence-corrected chi connectivity index (χ3v) is 6.86. The first-order valence-electron chi connectivity index (χ1n) is 11.1. The molecule has 1 aliphatic carbocycles. The maximum Gasteiger partial charge on any atom is 0.260 e. The normalized spacial score (nSPS) is 21.6. The van der Waals surface area contributed by atoms with Gasteiger partial charge in [0.05, 0.1) is 22.7 Å². The fourth-order valence-corrected chi connectivity index (χ4v) is 5.01. The number of aromatic nitrogens is 2. The van der Waals surface area contributed by atoms with Gasteiger partial charge in [-0.2, -0.15) is 0 Å². The minimum absolute atomic E-state index is 0.0764. The number of hydrogen-bond acceptors (Lipinski definition) is 4. The second kappa shape index (κ2) is 7.20. The smallest absolute Gasteiger partial charge is 0.260 e. The Balaban J connectivity index is 1.36. The molecule has 0 spiro atoms. The molecule has 1 saturated heterocycles. The third-order valence-electron chi connectivity index (χ3n) is 6.86. The zero-order valence-corrected chi connectivity index (χ0v) is 17.3. The molecule has 2 atom stereocenters. The monoisotopic (exact) mass is 411 g/mol. The summed E-state index contributed by atoms with van der Waals surface area (Å²) in [7, 11) is 0. The van der Waals surface area contributed by atoms with Crippen LogP contribution in [0.4, 0.5) is 5.69 Å². The lowest BCUT2D eigenvalue weighted by Gasteiger charge is -2.32. The highest BCUT2D eigenvalue weighted by Gasteiger charge is 2.41. The molecule has 3 heterocycles. The number of hydrogen-bond donors (Lipinski definition) is 1. The second-order valence-electron chi connectivity index (χ2n) is 8.83. The van der Waals surface area contributed by atoms with Crippen molar-refractivity contribution in [1.82, 2.24) is 9.55 Å². The summed E-state index contributed by atoms with van der Waals surface area (Å²) < 4.78 is 1.91. The lowest BCUT2D eigenvalue weighted by atomic mass is 10.0. The summed E-state index contributed by atoms with van der Waals surface area (Å²) in [6.45, 7) is 1.56. The van der Waals surface area contributed by atoms with E-state index in [0.29, 0.717) is 0 Å². The van der Waals surface area contributed by atoms with Crippen LogP contribution in [0.1, 0.15) is 36.9 Å². The van der Waals surface area contributed by atoms with Gasteiger partial charge in [0.25, 0.3) is 5.56 Å². The lowest BCUT2D eigenvalue weighted by molar-refractivity contribution is 0.145. The zero-order chi connectivity index (χ0) is 20.9. The van der Waals surface area contributed by atoms with E-state index in [1.165, 1.54) is 0 Å². The van der Waals surface area contributed by atoms with Crippen LogP contribution in [0, 0.1) is 0 Å². The molecule has 156 valence electrons. The van der Waals surface area contributed by atoms with Crippen LogP contribution in [0.15, 0.2) is 71.7 Å². The molecule has 2 aromatic carbocycles. The summed E-state index contributed by atoms with van der Waals surface area (Å²) in [5.41, 5.74) is 3.14. The fraction of sp³-hybridized carbons (Fsp3) is 0.308. The molecule has 0 unspecified atom stereocenters. The first kappa shape index (κ1) is 18.6. The number of benzene rings is 2. The van der Waals surface area contributed by atoms with E-state index < -0.39 is 0 Å². The zero-order valence-electron chi connectivity index (χ0n) is 17.3. The predicted octanol–water partition coefficient (Wildman–Crippen LogP) is 4.24. The SMILES string of the molecule is O=c1c2c(N3CCC(O)CC3)cccc2ccn1[C@@H]1C[C@@H]1c1ccc2ccccc2n1. The first-order valence-corrected chi connectivity index (χ1v) is 11.1. The molecule has 1 N–H and O–H groups in total. The van der Waals surface area contributed by atoms with Gasteiger partial charge in [0.15, 0.2) is 0 Å². The average molecular weight is 412 g/mol. The highest BCUT2D eigenvalue weighted by atomic mass is 16.3. The van der Waals surface area contributed by atoms with Gasteiger partial charge in [0.1, 0.15) is 0 Å². The van der Waals surface area contributed by atoms with E-state index in [4.69, 9.17) is 4.98 Å². The number of piperidine rings is 1. The van der Waals surface area contributed by atoms with Crippen molar-refractivity contribution < 1.29 is 5.11 Å². The Labute approximate surface area is 180 Å². The number of para-hydroxylation sites is 1. The maximum absolute atomic E-state index is 13.6. The predicted molar refractivity (Wildman–Crippen MR) is 124 cm³/mol. The fourth-order valence-electron chi connectivity index (χ4n) is 5.01. The minimum Gasteiger partial charge on any atom is -0.393 e. The Kier molecular flexibility index (Phi) is 4.32. The molecule has 6 rings (SSSR count). The Morgan fingerprint density at radius 3 is 2.58 bits per heavy atom. The molecule has 2 aliphatic rings. The number of aliphatic hydroxyl groups is 1. The summed E-state index contributed by atoms with van der Waals surface area (Å²) in [5, 5.41) is 12.8. The van der Waals surface area contributed by atoms with Crippen molar-refractivity contribution in [3.63, 3.8) is 0 Å². The largest absolute Gasteiger partial charge is 0.393 e. The standard InChI is InChI=1S/C26H25N3O2/c30-19-11-13-28(14-12-19)23-7-3-5-18-10-15-29(26(31)25(18)23)24-16-20(24)22-9-8-17-4-1-2-6-21(17)27-22/h1-10,15,19-20,24,30H,11-14,16H2/t20-,24-/m1/s1. The number of rotatable bonds is 3. The van der Waals surface area contributed by atoms with Crippen LogP contribution in [0.5, 0.6) is 0 Å². The number of pyridine rings is 2. The van der Waals surface area contributed by atoms with Crippen LogP contribution in [0.25, 0.3) is 21.7 Å².